The molecule has 0 aliphatic carbocycles. The summed E-state index contributed by atoms with van der Waals surface area (Å²) in [7, 11) is 0. The highest BCUT2D eigenvalue weighted by Crippen LogP contribution is 2.14. The van der Waals surface area contributed by atoms with Crippen molar-refractivity contribution in [1.82, 2.24) is 9.80 Å². The zero-order valence-electron chi connectivity index (χ0n) is 13.6. The fourth-order valence-corrected chi connectivity index (χ4v) is 2.86. The molecule has 1 aromatic carbocycles. The van der Waals surface area contributed by atoms with Crippen molar-refractivity contribution in [3.05, 3.63) is 29.8 Å². The minimum Gasteiger partial charge on any atom is -0.395 e. The molecular weight excluding hydrogens is 278 g/mol. The number of urea groups is 1. The van der Waals surface area contributed by atoms with Crippen molar-refractivity contribution in [2.45, 2.75) is 32.7 Å². The number of carbonyl (C=O) groups is 1. The van der Waals surface area contributed by atoms with Crippen LogP contribution in [-0.2, 0) is 6.42 Å². The van der Waals surface area contributed by atoms with Gasteiger partial charge in [0.05, 0.1) is 6.61 Å². The average molecular weight is 305 g/mol. The van der Waals surface area contributed by atoms with E-state index in [1.807, 2.05) is 23.1 Å². The minimum atomic E-state index is -0.0371. The third-order valence-electron chi connectivity index (χ3n) is 4.39. The molecular formula is C17H27N3O2. The average Bonchev–Trinajstić information content (AvgIpc) is 2.56. The van der Waals surface area contributed by atoms with Crippen LogP contribution in [0.4, 0.5) is 10.5 Å². The van der Waals surface area contributed by atoms with Gasteiger partial charge in [-0.15, -0.1) is 0 Å². The van der Waals surface area contributed by atoms with Gasteiger partial charge in [-0.3, -0.25) is 4.90 Å². The number of nitrogens with one attached hydrogen (secondary N) is 1. The number of rotatable bonds is 5. The van der Waals surface area contributed by atoms with Crippen LogP contribution in [-0.4, -0.2) is 59.8 Å². The molecule has 1 atom stereocenters. The quantitative estimate of drug-likeness (QED) is 0.876. The monoisotopic (exact) mass is 305 g/mol. The maximum Gasteiger partial charge on any atom is 0.321 e. The fourth-order valence-electron chi connectivity index (χ4n) is 2.86. The summed E-state index contributed by atoms with van der Waals surface area (Å²) < 4.78 is 0. The second-order valence-electron chi connectivity index (χ2n) is 5.75. The highest BCUT2D eigenvalue weighted by molar-refractivity contribution is 5.89. The highest BCUT2D eigenvalue weighted by Gasteiger charge is 2.24. The summed E-state index contributed by atoms with van der Waals surface area (Å²) in [6.45, 7) is 7.42. The van der Waals surface area contributed by atoms with E-state index in [-0.39, 0.29) is 18.7 Å². The molecule has 0 spiro atoms. The second-order valence-corrected chi connectivity index (χ2v) is 5.75. The maximum absolute atomic E-state index is 12.3. The molecule has 0 bridgehead atoms. The number of hydrogen-bond acceptors (Lipinski definition) is 3. The molecule has 22 heavy (non-hydrogen) atoms. The number of anilines is 1. The van der Waals surface area contributed by atoms with Gasteiger partial charge >= 0.3 is 6.03 Å². The van der Waals surface area contributed by atoms with E-state index in [0.29, 0.717) is 13.1 Å². The van der Waals surface area contributed by atoms with E-state index in [1.165, 1.54) is 5.56 Å². The molecule has 1 saturated heterocycles. The van der Waals surface area contributed by atoms with Gasteiger partial charge in [-0.2, -0.15) is 0 Å². The van der Waals surface area contributed by atoms with Crippen LogP contribution in [0.1, 0.15) is 25.8 Å². The first kappa shape index (κ1) is 16.8. The van der Waals surface area contributed by atoms with E-state index in [1.54, 1.807) is 0 Å². The normalized spacial score (nSPS) is 17.3. The summed E-state index contributed by atoms with van der Waals surface area (Å²) in [6, 6.07) is 8.16. The van der Waals surface area contributed by atoms with Gasteiger partial charge in [-0.05, 0) is 30.5 Å². The molecule has 0 aromatic heterocycles. The van der Waals surface area contributed by atoms with Crippen molar-refractivity contribution < 1.29 is 9.90 Å². The van der Waals surface area contributed by atoms with Crippen LogP contribution in [0.25, 0.3) is 0 Å². The number of benzene rings is 1. The van der Waals surface area contributed by atoms with Gasteiger partial charge in [-0.25, -0.2) is 4.79 Å². The van der Waals surface area contributed by atoms with Crippen LogP contribution in [0.3, 0.4) is 0 Å². The molecule has 2 N–H and O–H groups in total. The lowest BCUT2D eigenvalue weighted by molar-refractivity contribution is 0.0766. The van der Waals surface area contributed by atoms with E-state index in [4.69, 9.17) is 0 Å². The van der Waals surface area contributed by atoms with E-state index in [2.05, 4.69) is 30.1 Å². The molecule has 0 saturated carbocycles. The summed E-state index contributed by atoms with van der Waals surface area (Å²) in [5, 5.41) is 12.3. The Morgan fingerprint density at radius 2 is 2.00 bits per heavy atom. The number of hydrogen-bond donors (Lipinski definition) is 2. The maximum atomic E-state index is 12.3. The van der Waals surface area contributed by atoms with Crippen LogP contribution >= 0.6 is 0 Å². The third kappa shape index (κ3) is 4.21. The van der Waals surface area contributed by atoms with E-state index in [9.17, 15) is 9.90 Å². The Hall–Kier alpha value is -1.59. The van der Waals surface area contributed by atoms with Gasteiger partial charge in [0, 0.05) is 37.9 Å². The summed E-state index contributed by atoms with van der Waals surface area (Å²) in [5.74, 6) is 0. The molecule has 122 valence electrons. The Labute approximate surface area is 132 Å². The number of aliphatic hydroxyl groups is 1. The van der Waals surface area contributed by atoms with Crippen molar-refractivity contribution in [1.29, 1.82) is 0 Å². The molecule has 2 amide bonds. The topological polar surface area (TPSA) is 55.8 Å². The number of amides is 2. The molecule has 1 fully saturated rings. The first-order valence-electron chi connectivity index (χ1n) is 8.17. The lowest BCUT2D eigenvalue weighted by Gasteiger charge is -2.38. The molecule has 5 heteroatoms. The van der Waals surface area contributed by atoms with Crippen molar-refractivity contribution >= 4 is 11.7 Å². The molecule has 0 radical (unpaired) electrons. The third-order valence-corrected chi connectivity index (χ3v) is 4.39. The van der Waals surface area contributed by atoms with Crippen molar-refractivity contribution in [3.8, 4) is 0 Å². The van der Waals surface area contributed by atoms with Crippen LogP contribution in [0, 0.1) is 0 Å². The van der Waals surface area contributed by atoms with E-state index >= 15 is 0 Å². The van der Waals surface area contributed by atoms with E-state index < -0.39 is 0 Å². The lowest BCUT2D eigenvalue weighted by Crippen LogP contribution is -2.53. The van der Waals surface area contributed by atoms with Crippen LogP contribution < -0.4 is 5.32 Å². The molecule has 1 unspecified atom stereocenters. The summed E-state index contributed by atoms with van der Waals surface area (Å²) in [6.07, 6.45) is 1.90. The van der Waals surface area contributed by atoms with Crippen LogP contribution in [0.15, 0.2) is 24.3 Å². The molecule has 2 rings (SSSR count). The Balaban J connectivity index is 1.87. The number of carbonyl (C=O) groups excluding carboxylic acids is 1. The van der Waals surface area contributed by atoms with Crippen LogP contribution in [0.2, 0.25) is 0 Å². The largest absolute Gasteiger partial charge is 0.395 e. The Bertz CT molecular complexity index is 481. The highest BCUT2D eigenvalue weighted by atomic mass is 16.3. The van der Waals surface area contributed by atoms with Crippen molar-refractivity contribution in [2.24, 2.45) is 0 Å². The first-order chi connectivity index (χ1) is 10.7. The number of aryl methyl sites for hydroxylation is 1. The number of piperazine rings is 1. The number of nitrogens with zero attached hydrogens (tertiary/aromatic N) is 2. The van der Waals surface area contributed by atoms with Gasteiger partial charge in [0.15, 0.2) is 0 Å². The molecule has 1 aliphatic rings. The van der Waals surface area contributed by atoms with Crippen LogP contribution in [0.5, 0.6) is 0 Å². The Morgan fingerprint density at radius 3 is 2.59 bits per heavy atom. The predicted molar refractivity (Wildman–Crippen MR) is 89.1 cm³/mol. The lowest BCUT2D eigenvalue weighted by atomic mass is 10.1. The Morgan fingerprint density at radius 1 is 1.27 bits per heavy atom. The first-order valence-corrected chi connectivity index (χ1v) is 8.17. The van der Waals surface area contributed by atoms with Crippen molar-refractivity contribution in [2.75, 3.05) is 38.1 Å². The SMILES string of the molecule is CCc1cccc(NC(=O)N2CCN(C(CC)CO)CC2)c1. The molecule has 1 aromatic rings. The summed E-state index contributed by atoms with van der Waals surface area (Å²) in [4.78, 5) is 16.4. The smallest absolute Gasteiger partial charge is 0.321 e. The van der Waals surface area contributed by atoms with Gasteiger partial charge < -0.3 is 15.3 Å². The standard InChI is InChI=1S/C17H27N3O2/c1-3-14-6-5-7-15(12-14)18-17(22)20-10-8-19(9-11-20)16(4-2)13-21/h5-7,12,16,21H,3-4,8-11,13H2,1-2H3,(H,18,22). The van der Waals surface area contributed by atoms with E-state index in [0.717, 1.165) is 31.6 Å². The number of aliphatic hydroxyl groups excluding tert-OH is 1. The Kier molecular flexibility index (Phi) is 6.21. The van der Waals surface area contributed by atoms with Gasteiger partial charge in [0.2, 0.25) is 0 Å². The van der Waals surface area contributed by atoms with Gasteiger partial charge in [0.25, 0.3) is 0 Å². The predicted octanol–water partition coefficient (Wildman–Crippen LogP) is 2.17. The fraction of sp³-hybridized carbons (Fsp3) is 0.588. The van der Waals surface area contributed by atoms with Crippen molar-refractivity contribution in [3.63, 3.8) is 0 Å². The van der Waals surface area contributed by atoms with Gasteiger partial charge in [0.1, 0.15) is 0 Å². The molecule has 1 heterocycles. The van der Waals surface area contributed by atoms with Gasteiger partial charge in [-0.1, -0.05) is 26.0 Å². The summed E-state index contributed by atoms with van der Waals surface area (Å²) in [5.41, 5.74) is 2.07. The minimum absolute atomic E-state index is 0.0371. The molecule has 5 nitrogen and oxygen atoms in total. The summed E-state index contributed by atoms with van der Waals surface area (Å²) >= 11 is 0. The molecule has 1 aliphatic heterocycles. The zero-order chi connectivity index (χ0) is 15.9. The second kappa shape index (κ2) is 8.15. The zero-order valence-corrected chi connectivity index (χ0v) is 13.6.